The molecule has 5 rings (SSSR count). The molecule has 2 aromatic carbocycles. The predicted octanol–water partition coefficient (Wildman–Crippen LogP) is 11.0. The molecule has 7 atom stereocenters. The molecule has 3 aliphatic rings. The summed E-state index contributed by atoms with van der Waals surface area (Å²) in [7, 11) is -4.50. The summed E-state index contributed by atoms with van der Waals surface area (Å²) in [5.41, 5.74) is 1.97. The molecule has 0 N–H and O–H groups in total. The smallest absolute Gasteiger partial charge is 0.261 e. The highest BCUT2D eigenvalue weighted by Gasteiger charge is 2.58. The van der Waals surface area contributed by atoms with E-state index in [1.165, 1.54) is 60.9 Å². The summed E-state index contributed by atoms with van der Waals surface area (Å²) >= 11 is 0. The Hall–Kier alpha value is -1.47. The van der Waals surface area contributed by atoms with Gasteiger partial charge >= 0.3 is 0 Å². The van der Waals surface area contributed by atoms with E-state index in [4.69, 9.17) is 15.4 Å². The van der Waals surface area contributed by atoms with Crippen molar-refractivity contribution in [3.05, 3.63) is 72.8 Å². The lowest BCUT2D eigenvalue weighted by atomic mass is 9.49. The van der Waals surface area contributed by atoms with Crippen LogP contribution in [0.15, 0.2) is 72.8 Å². The molecule has 0 aromatic heterocycles. The molecule has 3 fully saturated rings. The molecule has 0 heterocycles. The third kappa shape index (κ3) is 6.72. The van der Waals surface area contributed by atoms with Gasteiger partial charge in [-0.05, 0) is 112 Å². The lowest BCUT2D eigenvalue weighted by Crippen LogP contribution is -2.67. The molecule has 0 saturated heterocycles. The van der Waals surface area contributed by atoms with E-state index in [-0.39, 0.29) is 20.9 Å². The molecular weight excluding hydrogens is 605 g/mol. The van der Waals surface area contributed by atoms with Gasteiger partial charge in [0.25, 0.3) is 8.32 Å². The fourth-order valence-corrected chi connectivity index (χ4v) is 15.8. The molecule has 260 valence electrons. The molecule has 3 saturated carbocycles. The molecule has 0 spiro atoms. The highest BCUT2D eigenvalue weighted by Crippen LogP contribution is 2.64. The summed E-state index contributed by atoms with van der Waals surface area (Å²) < 4.78 is 15.0. The molecule has 0 amide bonds. The lowest BCUT2D eigenvalue weighted by Gasteiger charge is -2.58. The van der Waals surface area contributed by atoms with E-state index in [1.807, 2.05) is 0 Å². The predicted molar refractivity (Wildman–Crippen MR) is 208 cm³/mol. The maximum Gasteiger partial charge on any atom is 0.261 e. The van der Waals surface area contributed by atoms with Gasteiger partial charge in [-0.3, -0.25) is 0 Å². The Morgan fingerprint density at radius 3 is 1.85 bits per heavy atom. The Morgan fingerprint density at radius 1 is 0.745 bits per heavy atom. The Balaban J connectivity index is 1.56. The second-order valence-electron chi connectivity index (χ2n) is 19.1. The van der Waals surface area contributed by atoms with Crippen molar-refractivity contribution >= 4 is 27.0 Å². The lowest BCUT2D eigenvalue weighted by molar-refractivity contribution is -0.0895. The molecule has 0 aliphatic heterocycles. The zero-order chi connectivity index (χ0) is 34.5. The van der Waals surface area contributed by atoms with Crippen LogP contribution in [-0.2, 0) is 8.85 Å². The first-order chi connectivity index (χ1) is 21.9. The molecule has 0 radical (unpaired) electrons. The van der Waals surface area contributed by atoms with Gasteiger partial charge in [0.05, 0.1) is 0 Å². The largest absolute Gasteiger partial charge is 0.417 e. The SMILES string of the molecule is C=C1CC[C@H]2[C@H](CO[Si](c3ccccc3)(c3ccccc3)C(C)(C)C)[C@@H]([C@@]3(C)CC[C@H](C)C[C@@H]3CO[Si](C)(C)C(C)(C)C)CC[C@]12C. The summed E-state index contributed by atoms with van der Waals surface area (Å²) in [6.45, 7) is 33.5. The van der Waals surface area contributed by atoms with E-state index in [1.54, 1.807) is 0 Å². The first-order valence-electron chi connectivity index (χ1n) is 18.9. The molecule has 4 heteroatoms. The zero-order valence-electron chi connectivity index (χ0n) is 32.0. The third-order valence-electron chi connectivity index (χ3n) is 14.4. The van der Waals surface area contributed by atoms with Crippen molar-refractivity contribution in [2.24, 2.45) is 40.4 Å². The number of rotatable bonds is 9. The van der Waals surface area contributed by atoms with Crippen LogP contribution in [0, 0.1) is 40.4 Å². The Morgan fingerprint density at radius 2 is 1.32 bits per heavy atom. The maximum absolute atomic E-state index is 7.86. The van der Waals surface area contributed by atoms with Crippen molar-refractivity contribution in [2.45, 2.75) is 130 Å². The molecule has 2 aromatic rings. The summed E-state index contributed by atoms with van der Waals surface area (Å²) in [5, 5.41) is 2.99. The Kier molecular flexibility index (Phi) is 10.4. The van der Waals surface area contributed by atoms with Crippen LogP contribution in [0.25, 0.3) is 0 Å². The number of fused-ring (bicyclic) bond motifs is 1. The average molecular weight is 673 g/mol. The monoisotopic (exact) mass is 672 g/mol. The van der Waals surface area contributed by atoms with Crippen LogP contribution in [0.1, 0.15) is 107 Å². The highest BCUT2D eigenvalue weighted by molar-refractivity contribution is 6.99. The molecule has 3 aliphatic carbocycles. The standard InChI is InChI=1S/C43H68O2Si2/c1-32-25-27-43(10,34(29-32)30-44-46(11,12)40(3,4)5)39-26-28-42(9)33(2)23-24-38(42)37(39)31-45-47(41(6,7)8,35-19-15-13-16-20-35)36-21-17-14-18-22-36/h13-22,32,34,37-39H,2,23-31H2,1,3-12H3/t32-,34+,37-,38-,39-,42+,43-/m0/s1. The van der Waals surface area contributed by atoms with E-state index in [9.17, 15) is 0 Å². The second kappa shape index (κ2) is 13.3. The summed E-state index contributed by atoms with van der Waals surface area (Å²) in [4.78, 5) is 0. The van der Waals surface area contributed by atoms with Gasteiger partial charge in [-0.15, -0.1) is 0 Å². The molecular formula is C43H68O2Si2. The fourth-order valence-electron chi connectivity index (χ4n) is 10.1. The maximum atomic E-state index is 7.86. The number of hydrogen-bond acceptors (Lipinski definition) is 2. The molecule has 0 unspecified atom stereocenters. The second-order valence-corrected chi connectivity index (χ2v) is 28.2. The van der Waals surface area contributed by atoms with Crippen molar-refractivity contribution in [2.75, 3.05) is 13.2 Å². The quantitative estimate of drug-likeness (QED) is 0.195. The van der Waals surface area contributed by atoms with E-state index in [2.05, 4.69) is 136 Å². The number of hydrogen-bond donors (Lipinski definition) is 0. The van der Waals surface area contributed by atoms with Crippen LogP contribution in [-0.4, -0.2) is 29.8 Å². The first kappa shape index (κ1) is 36.8. The van der Waals surface area contributed by atoms with Crippen molar-refractivity contribution in [1.29, 1.82) is 0 Å². The Bertz CT molecular complexity index is 1320. The van der Waals surface area contributed by atoms with E-state index in [0.717, 1.165) is 19.1 Å². The van der Waals surface area contributed by atoms with Gasteiger partial charge in [-0.2, -0.15) is 0 Å². The Labute approximate surface area is 291 Å². The number of benzene rings is 2. The van der Waals surface area contributed by atoms with Gasteiger partial charge in [0, 0.05) is 13.2 Å². The van der Waals surface area contributed by atoms with Crippen molar-refractivity contribution in [3.8, 4) is 0 Å². The van der Waals surface area contributed by atoms with Gasteiger partial charge in [0.15, 0.2) is 8.32 Å². The van der Waals surface area contributed by atoms with Crippen LogP contribution in [0.4, 0.5) is 0 Å². The highest BCUT2D eigenvalue weighted by atomic mass is 28.4. The minimum Gasteiger partial charge on any atom is -0.417 e. The van der Waals surface area contributed by atoms with Crippen molar-refractivity contribution < 1.29 is 8.85 Å². The summed E-state index contributed by atoms with van der Waals surface area (Å²) in [6.07, 6.45) is 8.93. The summed E-state index contributed by atoms with van der Waals surface area (Å²) in [5.74, 6) is 3.14. The molecule has 2 nitrogen and oxygen atoms in total. The van der Waals surface area contributed by atoms with Crippen LogP contribution in [0.3, 0.4) is 0 Å². The van der Waals surface area contributed by atoms with Gasteiger partial charge in [0.1, 0.15) is 0 Å². The van der Waals surface area contributed by atoms with Crippen molar-refractivity contribution in [3.63, 3.8) is 0 Å². The normalized spacial score (nSPS) is 32.3. The van der Waals surface area contributed by atoms with Crippen LogP contribution < -0.4 is 10.4 Å². The van der Waals surface area contributed by atoms with Crippen molar-refractivity contribution in [1.82, 2.24) is 0 Å². The summed E-state index contributed by atoms with van der Waals surface area (Å²) in [6, 6.07) is 22.6. The fraction of sp³-hybridized carbons (Fsp3) is 0.674. The minimum atomic E-state index is -2.65. The zero-order valence-corrected chi connectivity index (χ0v) is 34.0. The van der Waals surface area contributed by atoms with E-state index >= 15 is 0 Å². The molecule has 47 heavy (non-hydrogen) atoms. The van der Waals surface area contributed by atoms with Gasteiger partial charge < -0.3 is 8.85 Å². The minimum absolute atomic E-state index is 0.0217. The van der Waals surface area contributed by atoms with Gasteiger partial charge in [-0.25, -0.2) is 0 Å². The molecule has 0 bridgehead atoms. The van der Waals surface area contributed by atoms with Crippen LogP contribution in [0.5, 0.6) is 0 Å². The van der Waals surface area contributed by atoms with E-state index < -0.39 is 16.6 Å². The van der Waals surface area contributed by atoms with E-state index in [0.29, 0.717) is 23.7 Å². The van der Waals surface area contributed by atoms with Gasteiger partial charge in [-0.1, -0.05) is 142 Å². The van der Waals surface area contributed by atoms with Gasteiger partial charge in [0.2, 0.25) is 0 Å². The van der Waals surface area contributed by atoms with Crippen LogP contribution >= 0.6 is 0 Å². The first-order valence-corrected chi connectivity index (χ1v) is 23.8. The third-order valence-corrected chi connectivity index (χ3v) is 23.9. The van der Waals surface area contributed by atoms with Crippen LogP contribution in [0.2, 0.25) is 23.2 Å². The number of allylic oxidation sites excluding steroid dienone is 1. The average Bonchev–Trinajstić information content (AvgIpc) is 3.31. The topological polar surface area (TPSA) is 18.5 Å².